The SMILES string of the molecule is CCSc1nnc(NC(=O)[C@H]2[C@H](C(=O)O)[C@@H]3C=C[C@H]2C3)s1. The Kier molecular flexibility index (Phi) is 3.99. The fourth-order valence-electron chi connectivity index (χ4n) is 3.15. The van der Waals surface area contributed by atoms with Crippen molar-refractivity contribution < 1.29 is 14.7 Å². The van der Waals surface area contributed by atoms with E-state index in [2.05, 4.69) is 15.5 Å². The standard InChI is InChI=1S/C13H15N3O3S2/c1-2-20-13-16-15-12(21-13)14-10(17)8-6-3-4-7(5-6)9(8)11(18)19/h3-4,6-9H,2,5H2,1H3,(H,18,19)(H,14,15,17)/t6-,7+,8+,9+/m0/s1. The van der Waals surface area contributed by atoms with Crippen molar-refractivity contribution in [2.24, 2.45) is 23.7 Å². The van der Waals surface area contributed by atoms with Crippen molar-refractivity contribution in [1.29, 1.82) is 0 Å². The Bertz CT molecular complexity index is 601. The average Bonchev–Trinajstić information content (AvgIpc) is 3.13. The Balaban J connectivity index is 1.72. The summed E-state index contributed by atoms with van der Waals surface area (Å²) in [4.78, 5) is 23.8. The minimum Gasteiger partial charge on any atom is -0.481 e. The van der Waals surface area contributed by atoms with E-state index in [9.17, 15) is 14.7 Å². The number of carbonyl (C=O) groups excluding carboxylic acids is 1. The van der Waals surface area contributed by atoms with Gasteiger partial charge < -0.3 is 10.4 Å². The lowest BCUT2D eigenvalue weighted by atomic mass is 9.82. The normalized spacial score (nSPS) is 29.8. The molecule has 112 valence electrons. The van der Waals surface area contributed by atoms with Crippen molar-refractivity contribution >= 4 is 40.1 Å². The first-order valence-electron chi connectivity index (χ1n) is 6.78. The predicted molar refractivity (Wildman–Crippen MR) is 80.3 cm³/mol. The van der Waals surface area contributed by atoms with Gasteiger partial charge in [-0.15, -0.1) is 10.2 Å². The zero-order valence-electron chi connectivity index (χ0n) is 11.4. The lowest BCUT2D eigenvalue weighted by Crippen LogP contribution is -2.36. The first-order chi connectivity index (χ1) is 10.1. The summed E-state index contributed by atoms with van der Waals surface area (Å²) in [6.07, 6.45) is 4.64. The lowest BCUT2D eigenvalue weighted by molar-refractivity contribution is -0.146. The van der Waals surface area contributed by atoms with E-state index in [-0.39, 0.29) is 17.7 Å². The number of carbonyl (C=O) groups is 2. The molecule has 0 aliphatic heterocycles. The van der Waals surface area contributed by atoms with Gasteiger partial charge in [0.1, 0.15) is 0 Å². The van der Waals surface area contributed by atoms with Crippen molar-refractivity contribution in [3.05, 3.63) is 12.2 Å². The number of allylic oxidation sites excluding steroid dienone is 2. The van der Waals surface area contributed by atoms with Gasteiger partial charge in [-0.05, 0) is 24.0 Å². The Hall–Kier alpha value is -1.41. The lowest BCUT2D eigenvalue weighted by Gasteiger charge is -2.23. The van der Waals surface area contributed by atoms with Gasteiger partial charge in [0.25, 0.3) is 0 Å². The van der Waals surface area contributed by atoms with E-state index in [0.717, 1.165) is 16.5 Å². The van der Waals surface area contributed by atoms with E-state index in [1.807, 2.05) is 19.1 Å². The van der Waals surface area contributed by atoms with Crippen molar-refractivity contribution in [2.45, 2.75) is 17.7 Å². The summed E-state index contributed by atoms with van der Waals surface area (Å²) in [5.74, 6) is -1.41. The smallest absolute Gasteiger partial charge is 0.307 e. The van der Waals surface area contributed by atoms with Crippen molar-refractivity contribution in [1.82, 2.24) is 10.2 Å². The van der Waals surface area contributed by atoms with Gasteiger partial charge in [0.15, 0.2) is 4.34 Å². The zero-order valence-corrected chi connectivity index (χ0v) is 13.0. The molecule has 4 atom stereocenters. The maximum atomic E-state index is 12.4. The molecule has 1 fully saturated rings. The third-order valence-corrected chi connectivity index (χ3v) is 5.81. The number of carboxylic acid groups (broad SMARTS) is 1. The van der Waals surface area contributed by atoms with Crippen LogP contribution in [0.2, 0.25) is 0 Å². The molecule has 21 heavy (non-hydrogen) atoms. The van der Waals surface area contributed by atoms with Crippen molar-refractivity contribution in [2.75, 3.05) is 11.1 Å². The average molecular weight is 325 g/mol. The third-order valence-electron chi connectivity index (χ3n) is 3.95. The number of aliphatic carboxylic acids is 1. The molecule has 1 saturated carbocycles. The molecule has 2 aliphatic rings. The first-order valence-corrected chi connectivity index (χ1v) is 8.58. The monoisotopic (exact) mass is 325 g/mol. The summed E-state index contributed by atoms with van der Waals surface area (Å²) in [7, 11) is 0. The highest BCUT2D eigenvalue weighted by molar-refractivity contribution is 8.01. The Morgan fingerprint density at radius 1 is 1.38 bits per heavy atom. The van der Waals surface area contributed by atoms with Gasteiger partial charge in [-0.3, -0.25) is 9.59 Å². The number of hydrogen-bond acceptors (Lipinski definition) is 6. The fourth-order valence-corrected chi connectivity index (χ4v) is 4.80. The van der Waals surface area contributed by atoms with E-state index < -0.39 is 17.8 Å². The van der Waals surface area contributed by atoms with Crippen molar-refractivity contribution in [3.63, 3.8) is 0 Å². The topological polar surface area (TPSA) is 92.2 Å². The minimum atomic E-state index is -0.897. The molecule has 0 saturated heterocycles. The number of aromatic nitrogens is 2. The minimum absolute atomic E-state index is 0.0218. The highest BCUT2D eigenvalue weighted by Crippen LogP contribution is 2.48. The predicted octanol–water partition coefficient (Wildman–Crippen LogP) is 2.11. The van der Waals surface area contributed by atoms with Gasteiger partial charge in [0, 0.05) is 0 Å². The third kappa shape index (κ3) is 2.69. The van der Waals surface area contributed by atoms with Crippen LogP contribution in [0.5, 0.6) is 0 Å². The number of nitrogens with one attached hydrogen (secondary N) is 1. The molecule has 1 heterocycles. The zero-order chi connectivity index (χ0) is 15.0. The Labute approximate surface area is 130 Å². The first kappa shape index (κ1) is 14.5. The van der Waals surface area contributed by atoms with Crippen LogP contribution in [0.3, 0.4) is 0 Å². The number of thioether (sulfide) groups is 1. The fraction of sp³-hybridized carbons (Fsp3) is 0.538. The summed E-state index contributed by atoms with van der Waals surface area (Å²) in [5, 5.41) is 20.4. The van der Waals surface area contributed by atoms with Crippen molar-refractivity contribution in [3.8, 4) is 0 Å². The maximum absolute atomic E-state index is 12.4. The molecule has 0 spiro atoms. The van der Waals surface area contributed by atoms with E-state index in [0.29, 0.717) is 5.13 Å². The van der Waals surface area contributed by atoms with Crippen LogP contribution in [0.25, 0.3) is 0 Å². The second kappa shape index (κ2) is 5.76. The summed E-state index contributed by atoms with van der Waals surface area (Å²) >= 11 is 2.88. The van der Waals surface area contributed by atoms with Gasteiger partial charge in [-0.25, -0.2) is 0 Å². The molecule has 1 aromatic heterocycles. The summed E-state index contributed by atoms with van der Waals surface area (Å²) in [6.45, 7) is 2.02. The highest BCUT2D eigenvalue weighted by Gasteiger charge is 2.51. The van der Waals surface area contributed by atoms with E-state index >= 15 is 0 Å². The van der Waals surface area contributed by atoms with Gasteiger partial charge in [-0.2, -0.15) is 0 Å². The molecule has 8 heteroatoms. The quantitative estimate of drug-likeness (QED) is 0.489. The number of fused-ring (bicyclic) bond motifs is 2. The number of hydrogen-bond donors (Lipinski definition) is 2. The molecular weight excluding hydrogens is 310 g/mol. The van der Waals surface area contributed by atoms with Gasteiger partial charge in [0.05, 0.1) is 11.8 Å². The molecule has 0 unspecified atom stereocenters. The molecule has 0 radical (unpaired) electrons. The molecule has 0 aromatic carbocycles. The number of anilines is 1. The van der Waals surface area contributed by atoms with Gasteiger partial charge >= 0.3 is 5.97 Å². The van der Waals surface area contributed by atoms with E-state index in [1.165, 1.54) is 11.3 Å². The molecule has 2 aliphatic carbocycles. The van der Waals surface area contributed by atoms with Crippen LogP contribution in [0, 0.1) is 23.7 Å². The summed E-state index contributed by atoms with van der Waals surface area (Å²) in [6, 6.07) is 0. The van der Waals surface area contributed by atoms with Crippen LogP contribution < -0.4 is 5.32 Å². The number of amides is 1. The van der Waals surface area contributed by atoms with Crippen LogP contribution in [0.4, 0.5) is 5.13 Å². The molecule has 1 amide bonds. The summed E-state index contributed by atoms with van der Waals surface area (Å²) in [5.41, 5.74) is 0. The molecule has 1 aromatic rings. The van der Waals surface area contributed by atoms with Gasteiger partial charge in [0.2, 0.25) is 11.0 Å². The number of rotatable bonds is 5. The largest absolute Gasteiger partial charge is 0.481 e. The Morgan fingerprint density at radius 2 is 2.10 bits per heavy atom. The molecule has 3 rings (SSSR count). The maximum Gasteiger partial charge on any atom is 0.307 e. The Morgan fingerprint density at radius 3 is 2.76 bits per heavy atom. The number of carboxylic acids is 1. The number of nitrogens with zero attached hydrogens (tertiary/aromatic N) is 2. The van der Waals surface area contributed by atoms with E-state index in [1.54, 1.807) is 11.8 Å². The van der Waals surface area contributed by atoms with Gasteiger partial charge in [-0.1, -0.05) is 42.2 Å². The molecular formula is C13H15N3O3S2. The second-order valence-corrected chi connectivity index (χ2v) is 7.62. The molecule has 6 nitrogen and oxygen atoms in total. The van der Waals surface area contributed by atoms with Crippen LogP contribution in [0.15, 0.2) is 16.5 Å². The molecule has 2 bridgehead atoms. The molecule has 2 N–H and O–H groups in total. The summed E-state index contributed by atoms with van der Waals surface area (Å²) < 4.78 is 0.801. The van der Waals surface area contributed by atoms with Crippen LogP contribution in [-0.4, -0.2) is 32.9 Å². The van der Waals surface area contributed by atoms with Crippen LogP contribution in [-0.2, 0) is 9.59 Å². The van der Waals surface area contributed by atoms with E-state index in [4.69, 9.17) is 0 Å². The highest BCUT2D eigenvalue weighted by atomic mass is 32.2. The van der Waals surface area contributed by atoms with Crippen LogP contribution in [0.1, 0.15) is 13.3 Å². The van der Waals surface area contributed by atoms with Crippen LogP contribution >= 0.6 is 23.1 Å². The second-order valence-electron chi connectivity index (χ2n) is 5.13.